The van der Waals surface area contributed by atoms with Gasteiger partial charge in [0.25, 0.3) is 0 Å². The van der Waals surface area contributed by atoms with Crippen molar-refractivity contribution in [3.05, 3.63) is 47.8 Å². The Morgan fingerprint density at radius 3 is 2.45 bits per heavy atom. The predicted octanol–water partition coefficient (Wildman–Crippen LogP) is 5.48. The van der Waals surface area contributed by atoms with Gasteiger partial charge < -0.3 is 14.2 Å². The molecule has 2 aromatic carbocycles. The van der Waals surface area contributed by atoms with Crippen LogP contribution in [0.2, 0.25) is 0 Å². The molecule has 0 spiro atoms. The van der Waals surface area contributed by atoms with Gasteiger partial charge in [-0.25, -0.2) is 0 Å². The van der Waals surface area contributed by atoms with E-state index in [0.717, 1.165) is 38.4 Å². The molecule has 1 heterocycles. The molecule has 3 nitrogen and oxygen atoms in total. The molecule has 1 aromatic heterocycles. The molecular formula is C17H15BrO3S. The molecule has 0 unspecified atom stereocenters. The van der Waals surface area contributed by atoms with E-state index in [1.807, 2.05) is 47.8 Å². The summed E-state index contributed by atoms with van der Waals surface area (Å²) in [5.41, 5.74) is 0. The predicted molar refractivity (Wildman–Crippen MR) is 94.2 cm³/mol. The Labute approximate surface area is 141 Å². The van der Waals surface area contributed by atoms with Gasteiger partial charge in [-0.1, -0.05) is 15.9 Å². The van der Waals surface area contributed by atoms with Crippen LogP contribution in [-0.2, 0) is 0 Å². The average molecular weight is 379 g/mol. The topological polar surface area (TPSA) is 27.7 Å². The molecule has 0 radical (unpaired) electrons. The highest BCUT2D eigenvalue weighted by atomic mass is 79.9. The molecule has 0 saturated carbocycles. The van der Waals surface area contributed by atoms with Gasteiger partial charge in [0.1, 0.15) is 23.0 Å². The summed E-state index contributed by atoms with van der Waals surface area (Å²) >= 11 is 4.98. The highest BCUT2D eigenvalue weighted by Gasteiger charge is 2.07. The third kappa shape index (κ3) is 3.36. The number of thiophene rings is 1. The van der Waals surface area contributed by atoms with Crippen LogP contribution in [0, 0.1) is 0 Å². The van der Waals surface area contributed by atoms with Crippen LogP contribution in [0.1, 0.15) is 0 Å². The van der Waals surface area contributed by atoms with Gasteiger partial charge in [0.15, 0.2) is 0 Å². The van der Waals surface area contributed by atoms with Crippen LogP contribution in [0.5, 0.6) is 23.0 Å². The van der Waals surface area contributed by atoms with E-state index in [9.17, 15) is 0 Å². The molecule has 0 aliphatic carbocycles. The van der Waals surface area contributed by atoms with Crippen molar-refractivity contribution in [2.45, 2.75) is 0 Å². The molecule has 0 atom stereocenters. The molecule has 0 N–H and O–H groups in total. The Morgan fingerprint density at radius 1 is 1.00 bits per heavy atom. The smallest absolute Gasteiger partial charge is 0.145 e. The average Bonchev–Trinajstić information content (AvgIpc) is 2.96. The van der Waals surface area contributed by atoms with E-state index in [2.05, 4.69) is 15.9 Å². The second-order valence-electron chi connectivity index (χ2n) is 4.57. The Bertz CT molecular complexity index is 752. The summed E-state index contributed by atoms with van der Waals surface area (Å²) in [7, 11) is 1.67. The minimum atomic E-state index is 0.650. The van der Waals surface area contributed by atoms with Crippen LogP contribution in [-0.4, -0.2) is 19.0 Å². The first-order valence-electron chi connectivity index (χ1n) is 6.82. The summed E-state index contributed by atoms with van der Waals surface area (Å²) in [6, 6.07) is 13.6. The number of hydrogen-bond donors (Lipinski definition) is 0. The Kier molecular flexibility index (Phi) is 4.85. The van der Waals surface area contributed by atoms with E-state index >= 15 is 0 Å². The summed E-state index contributed by atoms with van der Waals surface area (Å²) in [5.74, 6) is 3.35. The molecule has 3 aromatic rings. The quantitative estimate of drug-likeness (QED) is 0.531. The Balaban J connectivity index is 1.78. The van der Waals surface area contributed by atoms with E-state index in [4.69, 9.17) is 14.2 Å². The first kappa shape index (κ1) is 15.2. The monoisotopic (exact) mass is 378 g/mol. The van der Waals surface area contributed by atoms with Gasteiger partial charge in [0, 0.05) is 20.8 Å². The second-order valence-corrected chi connectivity index (χ2v) is 6.28. The third-order valence-electron chi connectivity index (χ3n) is 3.14. The second kappa shape index (κ2) is 7.03. The lowest BCUT2D eigenvalue weighted by molar-refractivity contribution is 0.344. The zero-order valence-electron chi connectivity index (χ0n) is 12.0. The molecule has 0 aliphatic heterocycles. The third-order valence-corrected chi connectivity index (χ3v) is 4.39. The molecule has 0 bridgehead atoms. The maximum absolute atomic E-state index is 5.97. The maximum atomic E-state index is 5.97. The number of ether oxygens (including phenoxy) is 3. The SMILES string of the molecule is COc1ccc2c(Oc3ccc(OCCBr)cc3)csc2c1. The summed E-state index contributed by atoms with van der Waals surface area (Å²) in [6.07, 6.45) is 0. The van der Waals surface area contributed by atoms with Gasteiger partial charge >= 0.3 is 0 Å². The highest BCUT2D eigenvalue weighted by molar-refractivity contribution is 9.09. The zero-order valence-corrected chi connectivity index (χ0v) is 14.4. The lowest BCUT2D eigenvalue weighted by atomic mass is 10.2. The van der Waals surface area contributed by atoms with E-state index in [1.165, 1.54) is 0 Å². The normalized spacial score (nSPS) is 10.6. The summed E-state index contributed by atoms with van der Waals surface area (Å²) in [4.78, 5) is 0. The summed E-state index contributed by atoms with van der Waals surface area (Å²) in [5, 5.41) is 3.92. The van der Waals surface area contributed by atoms with Crippen molar-refractivity contribution in [3.63, 3.8) is 0 Å². The molecule has 0 amide bonds. The molecule has 22 heavy (non-hydrogen) atoms. The number of methoxy groups -OCH3 is 1. The number of rotatable bonds is 6. The van der Waals surface area contributed by atoms with Crippen LogP contribution in [0.3, 0.4) is 0 Å². The standard InChI is InChI=1S/C17H15BrO3S/c1-19-14-6-7-15-16(11-22-17(15)10-14)21-13-4-2-12(3-5-13)20-9-8-18/h2-7,10-11H,8-9H2,1H3. The van der Waals surface area contributed by atoms with E-state index in [1.54, 1.807) is 18.4 Å². The first-order valence-corrected chi connectivity index (χ1v) is 8.82. The summed E-state index contributed by atoms with van der Waals surface area (Å²) < 4.78 is 17.9. The van der Waals surface area contributed by atoms with Crippen LogP contribution in [0.4, 0.5) is 0 Å². The fraction of sp³-hybridized carbons (Fsp3) is 0.176. The van der Waals surface area contributed by atoms with Crippen molar-refractivity contribution in [1.82, 2.24) is 0 Å². The summed E-state index contributed by atoms with van der Waals surface area (Å²) in [6.45, 7) is 0.650. The minimum Gasteiger partial charge on any atom is -0.497 e. The van der Waals surface area contributed by atoms with Gasteiger partial charge in [-0.15, -0.1) is 11.3 Å². The lowest BCUT2D eigenvalue weighted by Gasteiger charge is -2.07. The number of hydrogen-bond acceptors (Lipinski definition) is 4. The molecule has 114 valence electrons. The van der Waals surface area contributed by atoms with Crippen molar-refractivity contribution in [2.75, 3.05) is 19.0 Å². The van der Waals surface area contributed by atoms with Crippen LogP contribution >= 0.6 is 27.3 Å². The fourth-order valence-corrected chi connectivity index (χ4v) is 3.13. The zero-order chi connectivity index (χ0) is 15.4. The van der Waals surface area contributed by atoms with Crippen LogP contribution < -0.4 is 14.2 Å². The van der Waals surface area contributed by atoms with Gasteiger partial charge in [0.2, 0.25) is 0 Å². The van der Waals surface area contributed by atoms with Gasteiger partial charge in [-0.2, -0.15) is 0 Å². The number of fused-ring (bicyclic) bond motifs is 1. The Hall–Kier alpha value is -1.72. The van der Waals surface area contributed by atoms with E-state index in [0.29, 0.717) is 6.61 Å². The van der Waals surface area contributed by atoms with E-state index in [-0.39, 0.29) is 0 Å². The van der Waals surface area contributed by atoms with Crippen molar-refractivity contribution >= 4 is 37.4 Å². The number of alkyl halides is 1. The molecule has 0 fully saturated rings. The van der Waals surface area contributed by atoms with E-state index < -0.39 is 0 Å². The van der Waals surface area contributed by atoms with Gasteiger partial charge in [-0.3, -0.25) is 0 Å². The molecular weight excluding hydrogens is 364 g/mol. The molecule has 0 aliphatic rings. The van der Waals surface area contributed by atoms with Crippen LogP contribution in [0.25, 0.3) is 10.1 Å². The Morgan fingerprint density at radius 2 is 1.73 bits per heavy atom. The van der Waals surface area contributed by atoms with Gasteiger partial charge in [-0.05, 0) is 42.5 Å². The molecule has 3 rings (SSSR count). The maximum Gasteiger partial charge on any atom is 0.145 e. The molecule has 5 heteroatoms. The van der Waals surface area contributed by atoms with Crippen molar-refractivity contribution in [3.8, 4) is 23.0 Å². The number of benzene rings is 2. The minimum absolute atomic E-state index is 0.650. The van der Waals surface area contributed by atoms with Crippen molar-refractivity contribution in [1.29, 1.82) is 0 Å². The van der Waals surface area contributed by atoms with Crippen LogP contribution in [0.15, 0.2) is 47.8 Å². The lowest BCUT2D eigenvalue weighted by Crippen LogP contribution is -1.97. The number of halogens is 1. The molecule has 0 saturated heterocycles. The van der Waals surface area contributed by atoms with Gasteiger partial charge in [0.05, 0.1) is 13.7 Å². The highest BCUT2D eigenvalue weighted by Crippen LogP contribution is 2.37. The van der Waals surface area contributed by atoms with Crippen molar-refractivity contribution in [2.24, 2.45) is 0 Å². The first-order chi connectivity index (χ1) is 10.8. The fourth-order valence-electron chi connectivity index (χ4n) is 2.08. The largest absolute Gasteiger partial charge is 0.497 e. The van der Waals surface area contributed by atoms with Crippen molar-refractivity contribution < 1.29 is 14.2 Å².